The molecule has 0 aliphatic rings. The van der Waals surface area contributed by atoms with Crippen molar-refractivity contribution in [1.82, 2.24) is 10.2 Å². The maximum atomic E-state index is 14.0. The predicted molar refractivity (Wildman–Crippen MR) is 153 cm³/mol. The smallest absolute Gasteiger partial charge is 0.408 e. The molecule has 8 heteroatoms. The Morgan fingerprint density at radius 2 is 1.67 bits per heavy atom. The molecular weight excluding hydrogens is 494 g/mol. The van der Waals surface area contributed by atoms with Crippen LogP contribution in [0.1, 0.15) is 56.8 Å². The Labute approximate surface area is 230 Å². The third kappa shape index (κ3) is 7.57. The summed E-state index contributed by atoms with van der Waals surface area (Å²) >= 11 is 0. The lowest BCUT2D eigenvalue weighted by molar-refractivity contribution is -0.141. The van der Waals surface area contributed by atoms with E-state index in [1.54, 1.807) is 20.8 Å². The van der Waals surface area contributed by atoms with Crippen molar-refractivity contribution in [2.24, 2.45) is 0 Å². The van der Waals surface area contributed by atoms with Crippen LogP contribution in [-0.4, -0.2) is 52.7 Å². The average molecular weight is 534 g/mol. The first-order valence-electron chi connectivity index (χ1n) is 13.2. The van der Waals surface area contributed by atoms with Crippen LogP contribution in [0.3, 0.4) is 0 Å². The molecule has 0 aromatic heterocycles. The molecule has 0 bridgehead atoms. The molecule has 3 N–H and O–H groups in total. The van der Waals surface area contributed by atoms with E-state index in [0.29, 0.717) is 17.7 Å². The molecule has 2 atom stereocenters. The van der Waals surface area contributed by atoms with Gasteiger partial charge in [-0.15, -0.1) is 0 Å². The van der Waals surface area contributed by atoms with Crippen LogP contribution in [0, 0.1) is 13.8 Å². The third-order valence-corrected chi connectivity index (χ3v) is 6.44. The largest absolute Gasteiger partial charge is 0.444 e. The fourth-order valence-corrected chi connectivity index (χ4v) is 4.44. The van der Waals surface area contributed by atoms with Crippen LogP contribution in [0.2, 0.25) is 0 Å². The zero-order chi connectivity index (χ0) is 28.7. The maximum Gasteiger partial charge on any atom is 0.408 e. The second-order valence-corrected chi connectivity index (χ2v) is 10.7. The van der Waals surface area contributed by atoms with Crippen molar-refractivity contribution in [2.45, 2.75) is 65.6 Å². The van der Waals surface area contributed by atoms with E-state index in [-0.39, 0.29) is 6.54 Å². The Kier molecular flexibility index (Phi) is 9.70. The predicted octanol–water partition coefficient (Wildman–Crippen LogP) is 5.26. The highest BCUT2D eigenvalue weighted by atomic mass is 16.6. The van der Waals surface area contributed by atoms with Crippen LogP contribution < -0.4 is 10.6 Å². The molecule has 0 fully saturated rings. The number of carbonyl (C=O) groups is 3. The van der Waals surface area contributed by atoms with E-state index in [1.807, 2.05) is 81.4 Å². The van der Waals surface area contributed by atoms with Gasteiger partial charge in [-0.2, -0.15) is 0 Å². The Balaban J connectivity index is 2.01. The van der Waals surface area contributed by atoms with E-state index in [1.165, 1.54) is 4.90 Å². The number of benzene rings is 3. The Morgan fingerprint density at radius 3 is 2.31 bits per heavy atom. The number of fused-ring (bicyclic) bond motifs is 1. The van der Waals surface area contributed by atoms with Crippen molar-refractivity contribution in [2.75, 3.05) is 18.5 Å². The first-order chi connectivity index (χ1) is 18.4. The normalized spacial score (nSPS) is 12.9. The van der Waals surface area contributed by atoms with E-state index < -0.39 is 42.2 Å². The molecule has 0 saturated heterocycles. The summed E-state index contributed by atoms with van der Waals surface area (Å²) in [7, 11) is 0. The highest BCUT2D eigenvalue weighted by Gasteiger charge is 2.36. The number of nitrogens with zero attached hydrogens (tertiary/aromatic N) is 1. The molecule has 0 radical (unpaired) electrons. The SMILES string of the molecule is CCCN(C(=O)C(CO)NC(=O)OC(C)(C)C)C(C(=O)Nc1ccc2ccccc2c1)c1cccc(C)c1C. The number of amides is 3. The molecule has 0 aliphatic carbocycles. The van der Waals surface area contributed by atoms with Crippen LogP contribution in [-0.2, 0) is 14.3 Å². The second-order valence-electron chi connectivity index (χ2n) is 10.7. The van der Waals surface area contributed by atoms with E-state index in [4.69, 9.17) is 4.74 Å². The van der Waals surface area contributed by atoms with Gasteiger partial charge in [0.1, 0.15) is 17.7 Å². The molecule has 39 heavy (non-hydrogen) atoms. The number of hydrogen-bond donors (Lipinski definition) is 3. The van der Waals surface area contributed by atoms with E-state index in [0.717, 1.165) is 21.9 Å². The molecule has 0 heterocycles. The van der Waals surface area contributed by atoms with Gasteiger partial charge in [-0.3, -0.25) is 9.59 Å². The molecule has 3 aromatic carbocycles. The Hall–Kier alpha value is -3.91. The van der Waals surface area contributed by atoms with E-state index >= 15 is 0 Å². The monoisotopic (exact) mass is 533 g/mol. The average Bonchev–Trinajstić information content (AvgIpc) is 2.87. The van der Waals surface area contributed by atoms with E-state index in [9.17, 15) is 19.5 Å². The van der Waals surface area contributed by atoms with Crippen LogP contribution in [0.5, 0.6) is 0 Å². The number of aryl methyl sites for hydroxylation is 1. The lowest BCUT2D eigenvalue weighted by Gasteiger charge is -2.34. The minimum absolute atomic E-state index is 0.231. The van der Waals surface area contributed by atoms with Crippen LogP contribution >= 0.6 is 0 Å². The van der Waals surface area contributed by atoms with Crippen molar-refractivity contribution in [3.8, 4) is 0 Å². The molecule has 0 saturated carbocycles. The standard InChI is InChI=1S/C31H39N3O5/c1-7-17-34(29(37)26(19-35)33-30(38)39-31(4,5)6)27(25-14-10-11-20(2)21(25)3)28(36)32-24-16-15-22-12-8-9-13-23(22)18-24/h8-16,18,26-27,35H,7,17,19H2,1-6H3,(H,32,36)(H,33,38). The fraction of sp³-hybridized carbons (Fsp3) is 0.387. The minimum atomic E-state index is -1.28. The first kappa shape index (κ1) is 29.6. The molecule has 208 valence electrons. The number of ether oxygens (including phenoxy) is 1. The molecule has 0 aliphatic heterocycles. The molecule has 8 nitrogen and oxygen atoms in total. The number of anilines is 1. The zero-order valence-corrected chi connectivity index (χ0v) is 23.6. The summed E-state index contributed by atoms with van der Waals surface area (Å²) in [6.45, 7) is 10.5. The van der Waals surface area contributed by atoms with Crippen molar-refractivity contribution >= 4 is 34.4 Å². The number of nitrogens with one attached hydrogen (secondary N) is 2. The Bertz CT molecular complexity index is 1330. The molecule has 3 rings (SSSR count). The van der Waals surface area contributed by atoms with Crippen molar-refractivity contribution in [1.29, 1.82) is 0 Å². The number of aliphatic hydroxyl groups excluding tert-OH is 1. The summed E-state index contributed by atoms with van der Waals surface area (Å²) in [5, 5.41) is 17.6. The summed E-state index contributed by atoms with van der Waals surface area (Å²) in [4.78, 5) is 41.7. The van der Waals surface area contributed by atoms with Crippen molar-refractivity contribution in [3.05, 3.63) is 77.4 Å². The minimum Gasteiger partial charge on any atom is -0.444 e. The second kappa shape index (κ2) is 12.8. The van der Waals surface area contributed by atoms with Crippen LogP contribution in [0.25, 0.3) is 10.8 Å². The molecular formula is C31H39N3O5. The van der Waals surface area contributed by atoms with E-state index in [2.05, 4.69) is 10.6 Å². The molecule has 3 amide bonds. The quantitative estimate of drug-likeness (QED) is 0.348. The number of carbonyl (C=O) groups excluding carboxylic acids is 3. The number of aliphatic hydroxyl groups is 1. The zero-order valence-electron chi connectivity index (χ0n) is 23.6. The van der Waals surface area contributed by atoms with Crippen molar-refractivity contribution < 1.29 is 24.2 Å². The summed E-state index contributed by atoms with van der Waals surface area (Å²) < 4.78 is 5.29. The number of hydrogen-bond acceptors (Lipinski definition) is 5. The van der Waals surface area contributed by atoms with Gasteiger partial charge in [-0.25, -0.2) is 4.79 Å². The summed E-state index contributed by atoms with van der Waals surface area (Å²) in [5.41, 5.74) is 2.35. The highest BCUT2D eigenvalue weighted by Crippen LogP contribution is 2.29. The highest BCUT2D eigenvalue weighted by molar-refractivity contribution is 6.00. The third-order valence-electron chi connectivity index (χ3n) is 6.44. The van der Waals surface area contributed by atoms with Gasteiger partial charge in [0.2, 0.25) is 5.91 Å². The lowest BCUT2D eigenvalue weighted by atomic mass is 9.95. The summed E-state index contributed by atoms with van der Waals surface area (Å²) in [6.07, 6.45) is -0.267. The Morgan fingerprint density at radius 1 is 0.974 bits per heavy atom. The first-order valence-corrected chi connectivity index (χ1v) is 13.2. The van der Waals surface area contributed by atoms with Gasteiger partial charge in [0.15, 0.2) is 0 Å². The topological polar surface area (TPSA) is 108 Å². The van der Waals surface area contributed by atoms with Gasteiger partial charge < -0.3 is 25.4 Å². The number of alkyl carbamates (subject to hydrolysis) is 1. The van der Waals surface area contributed by atoms with Gasteiger partial charge in [-0.1, -0.05) is 55.5 Å². The number of rotatable bonds is 9. The van der Waals surface area contributed by atoms with Gasteiger partial charge in [0, 0.05) is 12.2 Å². The van der Waals surface area contributed by atoms with Crippen LogP contribution in [0.4, 0.5) is 10.5 Å². The summed E-state index contributed by atoms with van der Waals surface area (Å²) in [6, 6.07) is 16.8. The molecule has 3 aromatic rings. The van der Waals surface area contributed by atoms with Gasteiger partial charge >= 0.3 is 6.09 Å². The maximum absolute atomic E-state index is 14.0. The van der Waals surface area contributed by atoms with Gasteiger partial charge in [-0.05, 0) is 80.6 Å². The molecule has 0 spiro atoms. The van der Waals surface area contributed by atoms with Crippen molar-refractivity contribution in [3.63, 3.8) is 0 Å². The molecule has 2 unspecified atom stereocenters. The van der Waals surface area contributed by atoms with Gasteiger partial charge in [0.05, 0.1) is 6.61 Å². The van der Waals surface area contributed by atoms with Crippen LogP contribution in [0.15, 0.2) is 60.7 Å². The van der Waals surface area contributed by atoms with Gasteiger partial charge in [0.25, 0.3) is 5.91 Å². The fourth-order valence-electron chi connectivity index (χ4n) is 4.44. The lowest BCUT2D eigenvalue weighted by Crippen LogP contribution is -2.54. The summed E-state index contributed by atoms with van der Waals surface area (Å²) in [5.74, 6) is -0.973.